The highest BCUT2D eigenvalue weighted by Crippen LogP contribution is 2.38. The molecule has 0 spiro atoms. The zero-order valence-corrected chi connectivity index (χ0v) is 23.4. The summed E-state index contributed by atoms with van der Waals surface area (Å²) in [6, 6.07) is 18.3. The Balaban J connectivity index is 1.47. The minimum atomic E-state index is -0.553. The third kappa shape index (κ3) is 5.50. The van der Waals surface area contributed by atoms with E-state index in [0.29, 0.717) is 40.8 Å². The van der Waals surface area contributed by atoms with Crippen molar-refractivity contribution in [3.05, 3.63) is 115 Å². The minimum absolute atomic E-state index is 0.0925. The first-order valence-corrected chi connectivity index (χ1v) is 13.7. The second kappa shape index (κ2) is 11.6. The number of hydrogen-bond acceptors (Lipinski definition) is 7. The van der Waals surface area contributed by atoms with Gasteiger partial charge in [0.2, 0.25) is 0 Å². The van der Waals surface area contributed by atoms with Crippen LogP contribution in [0.4, 0.5) is 11.5 Å². The average Bonchev–Trinajstić information content (AvgIpc) is 3.29. The van der Waals surface area contributed by atoms with E-state index in [9.17, 15) is 14.9 Å². The number of carbonyl (C=O) groups is 1. The number of anilines is 1. The van der Waals surface area contributed by atoms with Crippen LogP contribution in [-0.2, 0) is 24.0 Å². The lowest BCUT2D eigenvalue weighted by atomic mass is 10.1. The first-order chi connectivity index (χ1) is 19.3. The normalized spacial score (nSPS) is 15.9. The fourth-order valence-electron chi connectivity index (χ4n) is 4.92. The van der Waals surface area contributed by atoms with Gasteiger partial charge < -0.3 is 10.1 Å². The van der Waals surface area contributed by atoms with E-state index < -0.39 is 17.0 Å². The van der Waals surface area contributed by atoms with E-state index in [-0.39, 0.29) is 17.3 Å². The quantitative estimate of drug-likeness (QED) is 0.132. The van der Waals surface area contributed by atoms with Crippen molar-refractivity contribution in [3.63, 3.8) is 0 Å². The molecule has 1 aromatic heterocycles. The van der Waals surface area contributed by atoms with Gasteiger partial charge in [0.25, 0.3) is 5.69 Å². The van der Waals surface area contributed by atoms with Gasteiger partial charge in [-0.2, -0.15) is 0 Å². The summed E-state index contributed by atoms with van der Waals surface area (Å²) in [5.41, 5.74) is 5.22. The molecule has 4 aromatic rings. The van der Waals surface area contributed by atoms with Crippen LogP contribution in [0, 0.1) is 10.1 Å². The monoisotopic (exact) mass is 576 g/mol. The molecule has 0 radical (unpaired) electrons. The highest BCUT2D eigenvalue weighted by Gasteiger charge is 2.36. The van der Waals surface area contributed by atoms with E-state index in [1.807, 2.05) is 44.2 Å². The lowest BCUT2D eigenvalue weighted by Crippen LogP contribution is -2.28. The summed E-state index contributed by atoms with van der Waals surface area (Å²) >= 11 is 12.6. The molecule has 0 amide bonds. The highest BCUT2D eigenvalue weighted by molar-refractivity contribution is 6.36. The van der Waals surface area contributed by atoms with Gasteiger partial charge in [-0.15, -0.1) is 0 Å². The van der Waals surface area contributed by atoms with Gasteiger partial charge in [-0.05, 0) is 54.3 Å². The van der Waals surface area contributed by atoms with Crippen LogP contribution < -0.4 is 5.32 Å². The number of benzene rings is 3. The number of nitrogens with zero attached hydrogens (tertiary/aromatic N) is 3. The zero-order chi connectivity index (χ0) is 28.4. The molecule has 0 saturated carbocycles. The van der Waals surface area contributed by atoms with Crippen LogP contribution in [0.15, 0.2) is 66.7 Å². The van der Waals surface area contributed by atoms with Crippen molar-refractivity contribution in [2.24, 2.45) is 0 Å². The van der Waals surface area contributed by atoms with Crippen LogP contribution in [-0.4, -0.2) is 27.0 Å². The van der Waals surface area contributed by atoms with Gasteiger partial charge in [0.1, 0.15) is 11.9 Å². The fraction of sp³-hybridized carbons (Fsp3) is 0.233. The van der Waals surface area contributed by atoms with Gasteiger partial charge >= 0.3 is 5.97 Å². The standard InChI is InChI=1S/C30H26Cl2N4O4/c1-3-24-27(22-14-11-19(31)16-23(22)32)33-25(4-2)29(34-24)35-28-21-8-6-5-7-18(21)15-26(28)40-30(37)17-9-12-20(13-10-17)36(38)39/h5-14,16,26,28H,3-4,15H2,1-2H3,(H,34,35). The Hall–Kier alpha value is -4.01. The van der Waals surface area contributed by atoms with Gasteiger partial charge in [-0.1, -0.05) is 61.3 Å². The van der Waals surface area contributed by atoms with Crippen molar-refractivity contribution >= 4 is 40.7 Å². The number of rotatable bonds is 8. The molecule has 40 heavy (non-hydrogen) atoms. The molecule has 0 saturated heterocycles. The summed E-state index contributed by atoms with van der Waals surface area (Å²) in [6.45, 7) is 4.01. The second-order valence-corrected chi connectivity index (χ2v) is 10.3. The molecule has 204 valence electrons. The van der Waals surface area contributed by atoms with E-state index in [1.54, 1.807) is 12.1 Å². The van der Waals surface area contributed by atoms with Crippen molar-refractivity contribution in [1.82, 2.24) is 9.97 Å². The van der Waals surface area contributed by atoms with Gasteiger partial charge in [0.05, 0.1) is 38.6 Å². The summed E-state index contributed by atoms with van der Waals surface area (Å²) in [5.74, 6) is 0.0644. The van der Waals surface area contributed by atoms with Crippen LogP contribution in [0.1, 0.15) is 52.8 Å². The number of fused-ring (bicyclic) bond motifs is 1. The Morgan fingerprint density at radius 1 is 1.02 bits per heavy atom. The lowest BCUT2D eigenvalue weighted by Gasteiger charge is -2.24. The third-order valence-electron chi connectivity index (χ3n) is 6.94. The maximum Gasteiger partial charge on any atom is 0.338 e. The maximum absolute atomic E-state index is 13.0. The predicted octanol–water partition coefficient (Wildman–Crippen LogP) is 7.42. The number of esters is 1. The van der Waals surface area contributed by atoms with Crippen molar-refractivity contribution in [2.75, 3.05) is 5.32 Å². The number of hydrogen-bond donors (Lipinski definition) is 1. The van der Waals surface area contributed by atoms with Crippen LogP contribution in [0.5, 0.6) is 0 Å². The summed E-state index contributed by atoms with van der Waals surface area (Å²) < 4.78 is 5.97. The molecule has 1 aliphatic rings. The first-order valence-electron chi connectivity index (χ1n) is 12.9. The molecule has 8 nitrogen and oxygen atoms in total. The summed E-state index contributed by atoms with van der Waals surface area (Å²) in [6.07, 6.45) is 1.22. The van der Waals surface area contributed by atoms with Crippen LogP contribution in [0.3, 0.4) is 0 Å². The Bertz CT molecular complexity index is 1590. The topological polar surface area (TPSA) is 107 Å². The van der Waals surface area contributed by atoms with E-state index in [0.717, 1.165) is 28.1 Å². The summed E-state index contributed by atoms with van der Waals surface area (Å²) in [4.78, 5) is 33.5. The molecule has 10 heteroatoms. The number of halogens is 2. The highest BCUT2D eigenvalue weighted by atomic mass is 35.5. The number of aromatic nitrogens is 2. The fourth-order valence-corrected chi connectivity index (χ4v) is 5.42. The molecular formula is C30H26Cl2N4O4. The van der Waals surface area contributed by atoms with Crippen molar-refractivity contribution in [1.29, 1.82) is 0 Å². The molecule has 2 atom stereocenters. The zero-order valence-electron chi connectivity index (χ0n) is 21.9. The van der Waals surface area contributed by atoms with Gasteiger partial charge in [0.15, 0.2) is 0 Å². The van der Waals surface area contributed by atoms with Crippen molar-refractivity contribution in [3.8, 4) is 11.3 Å². The van der Waals surface area contributed by atoms with Gasteiger partial charge in [-0.25, -0.2) is 14.8 Å². The Kier molecular flexibility index (Phi) is 8.00. The average molecular weight is 577 g/mol. The number of aryl methyl sites for hydroxylation is 2. The lowest BCUT2D eigenvalue weighted by molar-refractivity contribution is -0.384. The maximum atomic E-state index is 13.0. The number of non-ortho nitro benzene ring substituents is 1. The number of carbonyl (C=O) groups excluding carboxylic acids is 1. The molecule has 1 N–H and O–H groups in total. The summed E-state index contributed by atoms with van der Waals surface area (Å²) in [7, 11) is 0. The molecular weight excluding hydrogens is 551 g/mol. The van der Waals surface area contributed by atoms with Gasteiger partial charge in [0, 0.05) is 29.1 Å². The molecule has 5 rings (SSSR count). The SMILES string of the molecule is CCc1nc(-c2ccc(Cl)cc2Cl)c(CC)nc1NC1c2ccccc2CC1OC(=O)c1ccc([N+](=O)[O-])cc1. The Morgan fingerprint density at radius 2 is 1.75 bits per heavy atom. The molecule has 0 aliphatic heterocycles. The second-order valence-electron chi connectivity index (χ2n) is 9.42. The molecule has 0 bridgehead atoms. The smallest absolute Gasteiger partial charge is 0.338 e. The van der Waals surface area contributed by atoms with Gasteiger partial charge in [-0.3, -0.25) is 10.1 Å². The van der Waals surface area contributed by atoms with Crippen LogP contribution in [0.2, 0.25) is 10.0 Å². The number of nitrogens with one attached hydrogen (secondary N) is 1. The molecule has 3 aromatic carbocycles. The molecule has 1 heterocycles. The van der Waals surface area contributed by atoms with Crippen LogP contribution in [0.25, 0.3) is 11.3 Å². The summed E-state index contributed by atoms with van der Waals surface area (Å²) in [5, 5.41) is 15.6. The van der Waals surface area contributed by atoms with E-state index in [4.69, 9.17) is 37.9 Å². The van der Waals surface area contributed by atoms with Crippen molar-refractivity contribution < 1.29 is 14.5 Å². The molecule has 1 aliphatic carbocycles. The number of ether oxygens (including phenoxy) is 1. The third-order valence-corrected chi connectivity index (χ3v) is 7.49. The number of nitro groups is 1. The van der Waals surface area contributed by atoms with Crippen LogP contribution >= 0.6 is 23.2 Å². The van der Waals surface area contributed by atoms with E-state index in [2.05, 4.69) is 5.32 Å². The molecule has 2 unspecified atom stereocenters. The predicted molar refractivity (Wildman–Crippen MR) is 155 cm³/mol. The largest absolute Gasteiger partial charge is 0.456 e. The van der Waals surface area contributed by atoms with Crippen molar-refractivity contribution in [2.45, 2.75) is 45.3 Å². The minimum Gasteiger partial charge on any atom is -0.456 e. The Labute approximate surface area is 241 Å². The first kappa shape index (κ1) is 27.6. The Morgan fingerprint density at radius 3 is 2.42 bits per heavy atom. The number of nitro benzene ring substituents is 1. The van der Waals surface area contributed by atoms with E-state index in [1.165, 1.54) is 24.3 Å². The molecule has 0 fully saturated rings. The van der Waals surface area contributed by atoms with E-state index >= 15 is 0 Å².